The molecule has 21 heavy (non-hydrogen) atoms. The normalized spacial score (nSPS) is 11.4. The molecule has 0 saturated carbocycles. The minimum absolute atomic E-state index is 0.0392. The molecular weight excluding hydrogens is 290 g/mol. The first-order chi connectivity index (χ1) is 9.81. The Morgan fingerprint density at radius 3 is 2.62 bits per heavy atom. The van der Waals surface area contributed by atoms with Gasteiger partial charge in [0.25, 0.3) is 0 Å². The number of thiazole rings is 1. The van der Waals surface area contributed by atoms with Crippen LogP contribution in [-0.2, 0) is 11.8 Å². The highest BCUT2D eigenvalue weighted by atomic mass is 32.1. The molecule has 0 bridgehead atoms. The quantitative estimate of drug-likeness (QED) is 0.689. The average Bonchev–Trinajstić information content (AvgIpc) is 2.86. The van der Waals surface area contributed by atoms with E-state index < -0.39 is 4.92 Å². The van der Waals surface area contributed by atoms with E-state index in [0.29, 0.717) is 18.1 Å². The van der Waals surface area contributed by atoms with E-state index >= 15 is 0 Å². The summed E-state index contributed by atoms with van der Waals surface area (Å²) >= 11 is 1.49. The molecule has 2 heterocycles. The predicted octanol–water partition coefficient (Wildman–Crippen LogP) is 2.77. The Labute approximate surface area is 126 Å². The number of rotatable bonds is 4. The highest BCUT2D eigenvalue weighted by Gasteiger charge is 2.21. The Morgan fingerprint density at radius 1 is 1.38 bits per heavy atom. The van der Waals surface area contributed by atoms with Gasteiger partial charge in [-0.05, 0) is 0 Å². The van der Waals surface area contributed by atoms with Crippen LogP contribution in [0, 0.1) is 10.1 Å². The summed E-state index contributed by atoms with van der Waals surface area (Å²) in [6.45, 7) is 6.24. The Bertz CT molecular complexity index is 663. The number of hydrogen-bond donors (Lipinski definition) is 1. The minimum atomic E-state index is -0.465. The van der Waals surface area contributed by atoms with Gasteiger partial charge in [-0.25, -0.2) is 15.0 Å². The third-order valence-corrected chi connectivity index (χ3v) is 3.75. The molecule has 0 radical (unpaired) electrons. The Morgan fingerprint density at radius 2 is 2.10 bits per heavy atom. The van der Waals surface area contributed by atoms with Crippen LogP contribution in [0.15, 0.2) is 11.6 Å². The van der Waals surface area contributed by atoms with Gasteiger partial charge in [0.05, 0.1) is 15.6 Å². The first-order valence-electron chi connectivity index (χ1n) is 6.44. The van der Waals surface area contributed by atoms with Crippen molar-refractivity contribution in [3.05, 3.63) is 38.1 Å². The van der Waals surface area contributed by atoms with Gasteiger partial charge in [-0.2, -0.15) is 0 Å². The number of aromatic nitrogens is 3. The van der Waals surface area contributed by atoms with E-state index in [-0.39, 0.29) is 11.1 Å². The van der Waals surface area contributed by atoms with Crippen molar-refractivity contribution in [2.24, 2.45) is 0 Å². The van der Waals surface area contributed by atoms with Gasteiger partial charge in [0.15, 0.2) is 0 Å². The van der Waals surface area contributed by atoms with Gasteiger partial charge >= 0.3 is 5.69 Å². The summed E-state index contributed by atoms with van der Waals surface area (Å²) < 4.78 is 0. The van der Waals surface area contributed by atoms with Crippen LogP contribution in [0.2, 0.25) is 0 Å². The zero-order valence-corrected chi connectivity index (χ0v) is 13.2. The number of nitrogens with one attached hydrogen (secondary N) is 1. The lowest BCUT2D eigenvalue weighted by molar-refractivity contribution is -0.386. The third-order valence-electron chi connectivity index (χ3n) is 2.90. The van der Waals surface area contributed by atoms with Crippen LogP contribution in [-0.4, -0.2) is 26.9 Å². The zero-order chi connectivity index (χ0) is 15.6. The Balaban J connectivity index is 2.34. The van der Waals surface area contributed by atoms with E-state index in [0.717, 1.165) is 10.7 Å². The van der Waals surface area contributed by atoms with Crippen molar-refractivity contribution in [2.45, 2.75) is 32.6 Å². The van der Waals surface area contributed by atoms with Gasteiger partial charge < -0.3 is 5.32 Å². The highest BCUT2D eigenvalue weighted by molar-refractivity contribution is 7.09. The van der Waals surface area contributed by atoms with Crippen LogP contribution in [0.4, 0.5) is 11.6 Å². The second-order valence-corrected chi connectivity index (χ2v) is 6.53. The standard InChI is InChI=1S/C13H17N5O2S/c1-13(2,3)10-7-21-11(17-10)5-8-9(18(19)20)6-15-12(14-4)16-8/h6-7H,5H2,1-4H3,(H,14,15,16). The summed E-state index contributed by atoms with van der Waals surface area (Å²) in [6, 6.07) is 0. The van der Waals surface area contributed by atoms with Gasteiger partial charge in [-0.15, -0.1) is 11.3 Å². The molecule has 0 fully saturated rings. The van der Waals surface area contributed by atoms with Crippen molar-refractivity contribution >= 4 is 23.0 Å². The zero-order valence-electron chi connectivity index (χ0n) is 12.4. The largest absolute Gasteiger partial charge is 0.357 e. The van der Waals surface area contributed by atoms with Gasteiger partial charge in [0, 0.05) is 24.3 Å². The van der Waals surface area contributed by atoms with Crippen LogP contribution in [0.3, 0.4) is 0 Å². The maximum absolute atomic E-state index is 11.1. The van der Waals surface area contributed by atoms with Crippen molar-refractivity contribution in [1.82, 2.24) is 15.0 Å². The molecule has 8 heteroatoms. The molecule has 0 aromatic carbocycles. The highest BCUT2D eigenvalue weighted by Crippen LogP contribution is 2.26. The molecule has 2 aromatic rings. The van der Waals surface area contributed by atoms with Gasteiger partial charge in [-0.3, -0.25) is 10.1 Å². The minimum Gasteiger partial charge on any atom is -0.357 e. The van der Waals surface area contributed by atoms with Crippen molar-refractivity contribution in [1.29, 1.82) is 0 Å². The van der Waals surface area contributed by atoms with E-state index in [2.05, 4.69) is 41.0 Å². The van der Waals surface area contributed by atoms with Crippen LogP contribution in [0.25, 0.3) is 0 Å². The fourth-order valence-corrected chi connectivity index (χ4v) is 2.72. The van der Waals surface area contributed by atoms with Crippen LogP contribution in [0.1, 0.15) is 37.2 Å². The first-order valence-corrected chi connectivity index (χ1v) is 7.32. The second kappa shape index (κ2) is 5.72. The lowest BCUT2D eigenvalue weighted by atomic mass is 9.93. The molecule has 2 aromatic heterocycles. The molecule has 7 nitrogen and oxygen atoms in total. The number of nitro groups is 1. The predicted molar refractivity (Wildman–Crippen MR) is 81.9 cm³/mol. The van der Waals surface area contributed by atoms with Crippen molar-refractivity contribution in [3.63, 3.8) is 0 Å². The summed E-state index contributed by atoms with van der Waals surface area (Å²) in [5.74, 6) is 0.364. The maximum Gasteiger partial charge on any atom is 0.309 e. The second-order valence-electron chi connectivity index (χ2n) is 5.59. The number of hydrogen-bond acceptors (Lipinski definition) is 7. The smallest absolute Gasteiger partial charge is 0.309 e. The SMILES string of the molecule is CNc1ncc([N+](=O)[O-])c(Cc2nc(C(C)(C)C)cs2)n1. The molecule has 0 unspecified atom stereocenters. The first kappa shape index (κ1) is 15.3. The summed E-state index contributed by atoms with van der Waals surface area (Å²) in [5, 5.41) is 16.6. The lowest BCUT2D eigenvalue weighted by Crippen LogP contribution is -2.11. The summed E-state index contributed by atoms with van der Waals surface area (Å²) in [6.07, 6.45) is 1.56. The third kappa shape index (κ3) is 3.52. The molecule has 0 aliphatic rings. The summed E-state index contributed by atoms with van der Waals surface area (Å²) in [4.78, 5) is 23.2. The van der Waals surface area contributed by atoms with Crippen LogP contribution >= 0.6 is 11.3 Å². The van der Waals surface area contributed by atoms with Gasteiger partial charge in [-0.1, -0.05) is 20.8 Å². The molecular formula is C13H17N5O2S. The van der Waals surface area contributed by atoms with Crippen molar-refractivity contribution < 1.29 is 4.92 Å². The van der Waals surface area contributed by atoms with E-state index in [9.17, 15) is 10.1 Å². The van der Waals surface area contributed by atoms with Crippen molar-refractivity contribution in [3.8, 4) is 0 Å². The average molecular weight is 307 g/mol. The van der Waals surface area contributed by atoms with Crippen LogP contribution < -0.4 is 5.32 Å². The molecule has 0 spiro atoms. The molecule has 0 saturated heterocycles. The fraction of sp³-hybridized carbons (Fsp3) is 0.462. The lowest BCUT2D eigenvalue weighted by Gasteiger charge is -2.14. The molecule has 0 aliphatic heterocycles. The van der Waals surface area contributed by atoms with E-state index in [1.54, 1.807) is 7.05 Å². The number of nitrogens with zero attached hydrogens (tertiary/aromatic N) is 4. The fourth-order valence-electron chi connectivity index (χ4n) is 1.69. The molecule has 0 aliphatic carbocycles. The Kier molecular flexibility index (Phi) is 4.17. The Hall–Kier alpha value is -2.09. The number of anilines is 1. The van der Waals surface area contributed by atoms with E-state index in [1.807, 2.05) is 5.38 Å². The maximum atomic E-state index is 11.1. The topological polar surface area (TPSA) is 93.8 Å². The van der Waals surface area contributed by atoms with Gasteiger partial charge in [0.1, 0.15) is 11.9 Å². The van der Waals surface area contributed by atoms with E-state index in [4.69, 9.17) is 0 Å². The molecule has 0 atom stereocenters. The molecule has 112 valence electrons. The molecule has 2 rings (SSSR count). The molecule has 1 N–H and O–H groups in total. The monoisotopic (exact) mass is 307 g/mol. The van der Waals surface area contributed by atoms with Crippen molar-refractivity contribution in [2.75, 3.05) is 12.4 Å². The molecule has 0 amide bonds. The van der Waals surface area contributed by atoms with E-state index in [1.165, 1.54) is 17.5 Å². The van der Waals surface area contributed by atoms with Gasteiger partial charge in [0.2, 0.25) is 5.95 Å². The van der Waals surface area contributed by atoms with Crippen LogP contribution in [0.5, 0.6) is 0 Å². The summed E-state index contributed by atoms with van der Waals surface area (Å²) in [7, 11) is 1.67. The summed E-state index contributed by atoms with van der Waals surface area (Å²) in [5.41, 5.74) is 1.23.